The van der Waals surface area contributed by atoms with Crippen LogP contribution in [0, 0.1) is 12.8 Å². The predicted molar refractivity (Wildman–Crippen MR) is 59.4 cm³/mol. The summed E-state index contributed by atoms with van der Waals surface area (Å²) in [7, 11) is 0. The first kappa shape index (κ1) is 11.6. The normalized spacial score (nSPS) is 13.5. The van der Waals surface area contributed by atoms with E-state index in [0.29, 0.717) is 5.92 Å². The zero-order chi connectivity index (χ0) is 10.6. The van der Waals surface area contributed by atoms with Gasteiger partial charge in [-0.2, -0.15) is 0 Å². The van der Waals surface area contributed by atoms with Crippen LogP contribution in [0.5, 0.6) is 0 Å². The topological polar surface area (TPSA) is 45.1 Å². The Hall–Kier alpha value is -0.450. The lowest BCUT2D eigenvalue weighted by atomic mass is 10.1. The molecule has 0 aliphatic carbocycles. The van der Waals surface area contributed by atoms with E-state index in [9.17, 15) is 0 Å². The highest BCUT2D eigenvalue weighted by Crippen LogP contribution is 2.09. The molecule has 2 N–H and O–H groups in total. The van der Waals surface area contributed by atoms with Crippen molar-refractivity contribution in [2.45, 2.75) is 33.4 Å². The predicted octanol–water partition coefficient (Wildman–Crippen LogP) is 1.56. The molecule has 1 aromatic rings. The SMILES string of the molecule is Cc1csc(CN[C@H](CO)C(C)C)n1. The molecular formula is C10H18N2OS. The Morgan fingerprint density at radius 3 is 2.71 bits per heavy atom. The van der Waals surface area contributed by atoms with Crippen molar-refractivity contribution < 1.29 is 5.11 Å². The molecule has 1 heterocycles. The summed E-state index contributed by atoms with van der Waals surface area (Å²) in [4.78, 5) is 4.35. The van der Waals surface area contributed by atoms with Crippen molar-refractivity contribution in [2.24, 2.45) is 5.92 Å². The largest absolute Gasteiger partial charge is 0.395 e. The van der Waals surface area contributed by atoms with E-state index >= 15 is 0 Å². The standard InChI is InChI=1S/C10H18N2OS/c1-7(2)9(5-13)11-4-10-12-8(3)6-14-10/h6-7,9,11,13H,4-5H2,1-3H3/t9-/m1/s1. The molecule has 1 rings (SSSR count). The van der Waals surface area contributed by atoms with E-state index < -0.39 is 0 Å². The zero-order valence-corrected chi connectivity index (χ0v) is 9.77. The number of hydrogen-bond acceptors (Lipinski definition) is 4. The van der Waals surface area contributed by atoms with Gasteiger partial charge in [-0.05, 0) is 12.8 Å². The molecule has 0 aliphatic rings. The van der Waals surface area contributed by atoms with Crippen LogP contribution >= 0.6 is 11.3 Å². The second kappa shape index (κ2) is 5.44. The summed E-state index contributed by atoms with van der Waals surface area (Å²) in [5, 5.41) is 15.5. The monoisotopic (exact) mass is 214 g/mol. The highest BCUT2D eigenvalue weighted by Gasteiger charge is 2.11. The molecule has 0 saturated carbocycles. The molecule has 80 valence electrons. The first-order chi connectivity index (χ1) is 6.63. The van der Waals surface area contributed by atoms with Gasteiger partial charge in [0.2, 0.25) is 0 Å². The van der Waals surface area contributed by atoms with Gasteiger partial charge in [-0.1, -0.05) is 13.8 Å². The van der Waals surface area contributed by atoms with Crippen molar-refractivity contribution in [3.05, 3.63) is 16.1 Å². The van der Waals surface area contributed by atoms with E-state index in [-0.39, 0.29) is 12.6 Å². The van der Waals surface area contributed by atoms with Gasteiger partial charge >= 0.3 is 0 Å². The van der Waals surface area contributed by atoms with Crippen LogP contribution in [0.2, 0.25) is 0 Å². The lowest BCUT2D eigenvalue weighted by Crippen LogP contribution is -2.36. The van der Waals surface area contributed by atoms with Crippen LogP contribution in [0.1, 0.15) is 24.5 Å². The average Bonchev–Trinajstić information content (AvgIpc) is 2.52. The van der Waals surface area contributed by atoms with Crippen molar-refractivity contribution in [2.75, 3.05) is 6.61 Å². The molecule has 4 heteroatoms. The molecular weight excluding hydrogens is 196 g/mol. The summed E-state index contributed by atoms with van der Waals surface area (Å²) in [5.74, 6) is 0.445. The maximum Gasteiger partial charge on any atom is 0.107 e. The average molecular weight is 214 g/mol. The molecule has 0 bridgehead atoms. The summed E-state index contributed by atoms with van der Waals surface area (Å²) in [5.41, 5.74) is 1.07. The van der Waals surface area contributed by atoms with E-state index in [0.717, 1.165) is 17.2 Å². The minimum absolute atomic E-state index is 0.166. The highest BCUT2D eigenvalue weighted by molar-refractivity contribution is 7.09. The summed E-state index contributed by atoms with van der Waals surface area (Å²) >= 11 is 1.66. The Kier molecular flexibility index (Phi) is 4.51. The van der Waals surface area contributed by atoms with E-state index in [4.69, 9.17) is 5.11 Å². The number of aromatic nitrogens is 1. The van der Waals surface area contributed by atoms with E-state index in [1.54, 1.807) is 11.3 Å². The minimum Gasteiger partial charge on any atom is -0.395 e. The third-order valence-corrected chi connectivity index (χ3v) is 3.15. The van der Waals surface area contributed by atoms with Gasteiger partial charge in [0.15, 0.2) is 0 Å². The summed E-state index contributed by atoms with van der Waals surface area (Å²) in [6.45, 7) is 7.12. The molecule has 0 unspecified atom stereocenters. The number of aliphatic hydroxyl groups excluding tert-OH is 1. The maximum atomic E-state index is 9.10. The molecule has 1 atom stereocenters. The van der Waals surface area contributed by atoms with Gasteiger partial charge < -0.3 is 10.4 Å². The number of nitrogens with one attached hydrogen (secondary N) is 1. The van der Waals surface area contributed by atoms with E-state index in [1.165, 1.54) is 0 Å². The van der Waals surface area contributed by atoms with Crippen LogP contribution < -0.4 is 5.32 Å². The molecule has 0 saturated heterocycles. The first-order valence-corrected chi connectivity index (χ1v) is 5.76. The Labute approximate surface area is 89.2 Å². The molecule has 0 fully saturated rings. The van der Waals surface area contributed by atoms with Crippen LogP contribution in [0.25, 0.3) is 0 Å². The zero-order valence-electron chi connectivity index (χ0n) is 8.95. The van der Waals surface area contributed by atoms with Crippen LogP contribution in [0.15, 0.2) is 5.38 Å². The van der Waals surface area contributed by atoms with Crippen molar-refractivity contribution in [3.63, 3.8) is 0 Å². The summed E-state index contributed by atoms with van der Waals surface area (Å²) in [6, 6.07) is 0.166. The van der Waals surface area contributed by atoms with Crippen molar-refractivity contribution >= 4 is 11.3 Å². The molecule has 14 heavy (non-hydrogen) atoms. The number of thiazole rings is 1. The van der Waals surface area contributed by atoms with Crippen LogP contribution in [0.4, 0.5) is 0 Å². The summed E-state index contributed by atoms with van der Waals surface area (Å²) in [6.07, 6.45) is 0. The lowest BCUT2D eigenvalue weighted by Gasteiger charge is -2.18. The van der Waals surface area contributed by atoms with Crippen LogP contribution in [-0.2, 0) is 6.54 Å². The number of aryl methyl sites for hydroxylation is 1. The van der Waals surface area contributed by atoms with Gasteiger partial charge in [-0.15, -0.1) is 11.3 Å². The Morgan fingerprint density at radius 1 is 1.57 bits per heavy atom. The minimum atomic E-state index is 0.166. The van der Waals surface area contributed by atoms with Gasteiger partial charge in [0, 0.05) is 23.7 Å². The highest BCUT2D eigenvalue weighted by atomic mass is 32.1. The van der Waals surface area contributed by atoms with Crippen LogP contribution in [-0.4, -0.2) is 22.7 Å². The Morgan fingerprint density at radius 2 is 2.29 bits per heavy atom. The van der Waals surface area contributed by atoms with Gasteiger partial charge in [0.05, 0.1) is 6.61 Å². The fraction of sp³-hybridized carbons (Fsp3) is 0.700. The molecule has 0 spiro atoms. The van der Waals surface area contributed by atoms with Gasteiger partial charge in [-0.25, -0.2) is 4.98 Å². The molecule has 0 aliphatic heterocycles. The molecule has 0 radical (unpaired) electrons. The molecule has 3 nitrogen and oxygen atoms in total. The lowest BCUT2D eigenvalue weighted by molar-refractivity contribution is 0.210. The fourth-order valence-corrected chi connectivity index (χ4v) is 1.94. The number of aliphatic hydroxyl groups is 1. The maximum absolute atomic E-state index is 9.10. The second-order valence-electron chi connectivity index (χ2n) is 3.80. The van der Waals surface area contributed by atoms with E-state index in [1.807, 2.05) is 12.3 Å². The third-order valence-electron chi connectivity index (χ3n) is 2.18. The number of hydrogen-bond donors (Lipinski definition) is 2. The van der Waals surface area contributed by atoms with Gasteiger partial charge in [-0.3, -0.25) is 0 Å². The second-order valence-corrected chi connectivity index (χ2v) is 4.74. The Bertz CT molecular complexity index is 273. The third kappa shape index (κ3) is 3.36. The fourth-order valence-electron chi connectivity index (χ4n) is 1.21. The van der Waals surface area contributed by atoms with Crippen LogP contribution in [0.3, 0.4) is 0 Å². The van der Waals surface area contributed by atoms with Gasteiger partial charge in [0.25, 0.3) is 0 Å². The van der Waals surface area contributed by atoms with E-state index in [2.05, 4.69) is 24.1 Å². The molecule has 0 aromatic carbocycles. The first-order valence-electron chi connectivity index (χ1n) is 4.88. The smallest absolute Gasteiger partial charge is 0.107 e. The van der Waals surface area contributed by atoms with Crippen molar-refractivity contribution in [1.82, 2.24) is 10.3 Å². The number of rotatable bonds is 5. The Balaban J connectivity index is 2.39. The molecule has 0 amide bonds. The summed E-state index contributed by atoms with van der Waals surface area (Å²) < 4.78 is 0. The van der Waals surface area contributed by atoms with Gasteiger partial charge in [0.1, 0.15) is 5.01 Å². The number of nitrogens with zero attached hydrogens (tertiary/aromatic N) is 1. The van der Waals surface area contributed by atoms with Crippen molar-refractivity contribution in [1.29, 1.82) is 0 Å². The van der Waals surface area contributed by atoms with Crippen molar-refractivity contribution in [3.8, 4) is 0 Å². The molecule has 1 aromatic heterocycles. The quantitative estimate of drug-likeness (QED) is 0.782.